The van der Waals surface area contributed by atoms with Crippen molar-refractivity contribution < 1.29 is 19.5 Å². The van der Waals surface area contributed by atoms with Gasteiger partial charge in [-0.05, 0) is 18.2 Å². The molecule has 2 rings (SSSR count). The maximum Gasteiger partial charge on any atom is 0.277 e. The van der Waals surface area contributed by atoms with Crippen LogP contribution in [0, 0.1) is 0 Å². The Hall–Kier alpha value is -2.38. The molecule has 1 aromatic carbocycles. The third kappa shape index (κ3) is 3.52. The fourth-order valence-electron chi connectivity index (χ4n) is 2.07. The van der Waals surface area contributed by atoms with Crippen LogP contribution < -0.4 is 5.32 Å². The second kappa shape index (κ2) is 6.80. The molecular formula is C15H16ClN3O4. The fourth-order valence-corrected chi connectivity index (χ4v) is 2.27. The number of nitrogens with zero attached hydrogens (tertiary/aromatic N) is 2. The summed E-state index contributed by atoms with van der Waals surface area (Å²) in [5.41, 5.74) is 0.818. The number of aliphatic hydroxyl groups excluding tert-OH is 1. The Morgan fingerprint density at radius 3 is 2.65 bits per heavy atom. The SMILES string of the molecule is CN(C)C(=O)c1cc(NC2=CC(=O)N(CCO)C2=O)ccc1Cl. The minimum Gasteiger partial charge on any atom is -0.395 e. The number of halogens is 1. The van der Waals surface area contributed by atoms with Crippen molar-refractivity contribution in [1.29, 1.82) is 0 Å². The number of β-amino-alcohol motifs (C(OH)–C–C–N with tert-alkyl or cyclic N) is 1. The third-order valence-electron chi connectivity index (χ3n) is 3.21. The average molecular weight is 338 g/mol. The number of hydrogen-bond donors (Lipinski definition) is 2. The van der Waals surface area contributed by atoms with Crippen molar-refractivity contribution in [3.63, 3.8) is 0 Å². The van der Waals surface area contributed by atoms with Gasteiger partial charge >= 0.3 is 0 Å². The van der Waals surface area contributed by atoms with E-state index in [1.807, 2.05) is 0 Å². The summed E-state index contributed by atoms with van der Waals surface area (Å²) in [6, 6.07) is 4.65. The molecule has 1 aliphatic heterocycles. The Labute approximate surface area is 138 Å². The van der Waals surface area contributed by atoms with Gasteiger partial charge in [-0.3, -0.25) is 19.3 Å². The van der Waals surface area contributed by atoms with Crippen LogP contribution >= 0.6 is 11.6 Å². The summed E-state index contributed by atoms with van der Waals surface area (Å²) >= 11 is 6.02. The first-order chi connectivity index (χ1) is 10.8. The van der Waals surface area contributed by atoms with Crippen molar-refractivity contribution >= 4 is 35.0 Å². The van der Waals surface area contributed by atoms with Gasteiger partial charge in [-0.25, -0.2) is 0 Å². The zero-order valence-electron chi connectivity index (χ0n) is 12.7. The molecule has 8 heteroatoms. The van der Waals surface area contributed by atoms with Crippen LogP contribution in [0.3, 0.4) is 0 Å². The Morgan fingerprint density at radius 2 is 2.04 bits per heavy atom. The number of hydrogen-bond acceptors (Lipinski definition) is 5. The molecule has 23 heavy (non-hydrogen) atoms. The number of rotatable bonds is 5. The minimum absolute atomic E-state index is 0.0651. The van der Waals surface area contributed by atoms with Crippen LogP contribution in [-0.2, 0) is 9.59 Å². The third-order valence-corrected chi connectivity index (χ3v) is 3.54. The smallest absolute Gasteiger partial charge is 0.277 e. The molecule has 2 N–H and O–H groups in total. The normalized spacial score (nSPS) is 14.1. The van der Waals surface area contributed by atoms with Crippen LogP contribution in [0.15, 0.2) is 30.0 Å². The van der Waals surface area contributed by atoms with Crippen molar-refractivity contribution in [2.75, 3.05) is 32.6 Å². The predicted molar refractivity (Wildman–Crippen MR) is 85.0 cm³/mol. The highest BCUT2D eigenvalue weighted by molar-refractivity contribution is 6.34. The fraction of sp³-hybridized carbons (Fsp3) is 0.267. The summed E-state index contributed by atoms with van der Waals surface area (Å²) in [6.45, 7) is -0.370. The number of carbonyl (C=O) groups is 3. The lowest BCUT2D eigenvalue weighted by Crippen LogP contribution is -2.34. The van der Waals surface area contributed by atoms with Crippen molar-refractivity contribution in [3.8, 4) is 0 Å². The van der Waals surface area contributed by atoms with Gasteiger partial charge in [0.1, 0.15) is 5.70 Å². The molecule has 1 aliphatic rings. The predicted octanol–water partition coefficient (Wildman–Crippen LogP) is 0.699. The molecule has 0 fully saturated rings. The summed E-state index contributed by atoms with van der Waals surface area (Å²) in [7, 11) is 3.21. The van der Waals surface area contributed by atoms with Crippen LogP contribution in [-0.4, -0.2) is 59.9 Å². The minimum atomic E-state index is -0.528. The lowest BCUT2D eigenvalue weighted by molar-refractivity contribution is -0.137. The summed E-state index contributed by atoms with van der Waals surface area (Å²) in [6.07, 6.45) is 1.15. The van der Waals surface area contributed by atoms with Gasteiger partial charge in [-0.1, -0.05) is 11.6 Å². The zero-order chi connectivity index (χ0) is 17.1. The van der Waals surface area contributed by atoms with Crippen LogP contribution in [0.1, 0.15) is 10.4 Å². The monoisotopic (exact) mass is 337 g/mol. The topological polar surface area (TPSA) is 90.0 Å². The first-order valence-corrected chi connectivity index (χ1v) is 7.19. The number of amides is 3. The van der Waals surface area contributed by atoms with Crippen LogP contribution in [0.5, 0.6) is 0 Å². The molecule has 0 spiro atoms. The molecule has 7 nitrogen and oxygen atoms in total. The van der Waals surface area contributed by atoms with E-state index in [0.717, 1.165) is 11.0 Å². The lowest BCUT2D eigenvalue weighted by Gasteiger charge is -2.15. The Morgan fingerprint density at radius 1 is 1.35 bits per heavy atom. The van der Waals surface area contributed by atoms with E-state index in [0.29, 0.717) is 10.7 Å². The van der Waals surface area contributed by atoms with Gasteiger partial charge < -0.3 is 15.3 Å². The van der Waals surface area contributed by atoms with Gasteiger partial charge in [0.2, 0.25) is 0 Å². The maximum absolute atomic E-state index is 12.1. The number of nitrogens with one attached hydrogen (secondary N) is 1. The van der Waals surface area contributed by atoms with E-state index in [-0.39, 0.29) is 30.3 Å². The molecule has 1 heterocycles. The first-order valence-electron chi connectivity index (χ1n) is 6.81. The summed E-state index contributed by atoms with van der Waals surface area (Å²) < 4.78 is 0. The van der Waals surface area contributed by atoms with Crippen molar-refractivity contribution in [3.05, 3.63) is 40.6 Å². The number of benzene rings is 1. The maximum atomic E-state index is 12.1. The van der Waals surface area contributed by atoms with Gasteiger partial charge in [0.25, 0.3) is 17.7 Å². The van der Waals surface area contributed by atoms with Gasteiger partial charge in [0, 0.05) is 25.9 Å². The molecular weight excluding hydrogens is 322 g/mol. The highest BCUT2D eigenvalue weighted by Crippen LogP contribution is 2.24. The van der Waals surface area contributed by atoms with E-state index >= 15 is 0 Å². The van der Waals surface area contributed by atoms with Gasteiger partial charge in [-0.15, -0.1) is 0 Å². The molecule has 0 radical (unpaired) electrons. The number of carbonyl (C=O) groups excluding carboxylic acids is 3. The second-order valence-corrected chi connectivity index (χ2v) is 5.50. The van der Waals surface area contributed by atoms with Crippen LogP contribution in [0.4, 0.5) is 5.69 Å². The van der Waals surface area contributed by atoms with Crippen LogP contribution in [0.2, 0.25) is 5.02 Å². The molecule has 1 aromatic rings. The quantitative estimate of drug-likeness (QED) is 0.772. The molecule has 3 amide bonds. The molecule has 0 aromatic heterocycles. The standard InChI is InChI=1S/C15H16ClN3O4/c1-18(2)14(22)10-7-9(3-4-11(10)16)17-12-8-13(21)19(5-6-20)15(12)23/h3-4,7-8,17,20H,5-6H2,1-2H3. The summed E-state index contributed by atoms with van der Waals surface area (Å²) in [4.78, 5) is 38.1. The van der Waals surface area contributed by atoms with Crippen molar-refractivity contribution in [1.82, 2.24) is 9.80 Å². The molecule has 0 saturated carbocycles. The molecule has 0 bridgehead atoms. The van der Waals surface area contributed by atoms with E-state index in [2.05, 4.69) is 5.32 Å². The highest BCUT2D eigenvalue weighted by Gasteiger charge is 2.30. The average Bonchev–Trinajstić information content (AvgIpc) is 2.76. The van der Waals surface area contributed by atoms with Gasteiger partial charge in [0.05, 0.1) is 23.7 Å². The highest BCUT2D eigenvalue weighted by atomic mass is 35.5. The van der Waals surface area contributed by atoms with E-state index in [1.165, 1.54) is 17.0 Å². The molecule has 122 valence electrons. The molecule has 0 saturated heterocycles. The lowest BCUT2D eigenvalue weighted by atomic mass is 10.1. The van der Waals surface area contributed by atoms with E-state index in [9.17, 15) is 14.4 Å². The van der Waals surface area contributed by atoms with Crippen molar-refractivity contribution in [2.45, 2.75) is 0 Å². The van der Waals surface area contributed by atoms with Gasteiger partial charge in [-0.2, -0.15) is 0 Å². The zero-order valence-corrected chi connectivity index (χ0v) is 13.4. The molecule has 0 unspecified atom stereocenters. The Kier molecular flexibility index (Phi) is 5.02. The number of imide groups is 1. The van der Waals surface area contributed by atoms with E-state index < -0.39 is 11.8 Å². The van der Waals surface area contributed by atoms with Crippen LogP contribution in [0.25, 0.3) is 0 Å². The summed E-state index contributed by atoms with van der Waals surface area (Å²) in [5, 5.41) is 12.0. The largest absolute Gasteiger partial charge is 0.395 e. The molecule has 0 aliphatic carbocycles. The van der Waals surface area contributed by atoms with E-state index in [4.69, 9.17) is 16.7 Å². The van der Waals surface area contributed by atoms with Gasteiger partial charge in [0.15, 0.2) is 0 Å². The molecule has 0 atom stereocenters. The number of anilines is 1. The second-order valence-electron chi connectivity index (χ2n) is 5.10. The first kappa shape index (κ1) is 17.0. The van der Waals surface area contributed by atoms with E-state index in [1.54, 1.807) is 20.2 Å². The summed E-state index contributed by atoms with van der Waals surface area (Å²) in [5.74, 6) is -1.30. The Balaban J connectivity index is 2.23. The Bertz CT molecular complexity index is 700. The number of aliphatic hydroxyl groups is 1. The van der Waals surface area contributed by atoms with Crippen molar-refractivity contribution in [2.24, 2.45) is 0 Å².